The van der Waals surface area contributed by atoms with Crippen molar-refractivity contribution in [3.63, 3.8) is 0 Å². The van der Waals surface area contributed by atoms with Crippen LogP contribution >= 0.6 is 0 Å². The van der Waals surface area contributed by atoms with Crippen molar-refractivity contribution in [3.05, 3.63) is 29.8 Å². The van der Waals surface area contributed by atoms with E-state index in [0.29, 0.717) is 0 Å². The third-order valence-corrected chi connectivity index (χ3v) is 3.61. The van der Waals surface area contributed by atoms with Gasteiger partial charge in [0.1, 0.15) is 5.75 Å². The molecule has 1 aromatic rings. The molecule has 0 heterocycles. The summed E-state index contributed by atoms with van der Waals surface area (Å²) in [6, 6.07) is 8.62. The molecule has 2 unspecified atom stereocenters. The first-order valence-electron chi connectivity index (χ1n) is 5.52. The van der Waals surface area contributed by atoms with Crippen molar-refractivity contribution in [3.8, 4) is 5.75 Å². The summed E-state index contributed by atoms with van der Waals surface area (Å²) >= 11 is 0. The molecule has 2 saturated carbocycles. The first kappa shape index (κ1) is 8.34. The molecule has 14 heavy (non-hydrogen) atoms. The Labute approximate surface area is 85.1 Å². The molecule has 0 bridgehead atoms. The highest BCUT2D eigenvalue weighted by Crippen LogP contribution is 2.59. The van der Waals surface area contributed by atoms with E-state index in [2.05, 4.69) is 24.3 Å². The largest absolute Gasteiger partial charge is 0.497 e. The molecular weight excluding hydrogens is 172 g/mol. The molecule has 1 heteroatoms. The molecule has 1 nitrogen and oxygen atoms in total. The lowest BCUT2D eigenvalue weighted by atomic mass is 10.1. The standard InChI is InChI=1S/C13H16O/c1-14-11-6-4-10(5-7-11)13-8-12(13)9-2-3-9/h4-7,9,12-13H,2-3,8H2,1H3. The van der Waals surface area contributed by atoms with Crippen LogP contribution < -0.4 is 4.74 Å². The molecule has 1 aromatic carbocycles. The van der Waals surface area contributed by atoms with Gasteiger partial charge in [0.05, 0.1) is 7.11 Å². The van der Waals surface area contributed by atoms with E-state index in [1.807, 2.05) is 0 Å². The maximum Gasteiger partial charge on any atom is 0.118 e. The fourth-order valence-corrected chi connectivity index (χ4v) is 2.49. The van der Waals surface area contributed by atoms with Gasteiger partial charge in [-0.15, -0.1) is 0 Å². The van der Waals surface area contributed by atoms with E-state index in [1.54, 1.807) is 7.11 Å². The molecule has 0 aliphatic heterocycles. The van der Waals surface area contributed by atoms with Gasteiger partial charge in [0.2, 0.25) is 0 Å². The minimum absolute atomic E-state index is 0.869. The van der Waals surface area contributed by atoms with Gasteiger partial charge in [0.25, 0.3) is 0 Å². The van der Waals surface area contributed by atoms with Crippen molar-refractivity contribution in [2.75, 3.05) is 7.11 Å². The van der Waals surface area contributed by atoms with E-state index >= 15 is 0 Å². The van der Waals surface area contributed by atoms with Crippen LogP contribution in [0.1, 0.15) is 30.7 Å². The second-order valence-corrected chi connectivity index (χ2v) is 4.62. The number of hydrogen-bond donors (Lipinski definition) is 0. The Bertz CT molecular complexity index is 324. The third-order valence-electron chi connectivity index (χ3n) is 3.61. The number of rotatable bonds is 3. The first-order chi connectivity index (χ1) is 6.88. The highest BCUT2D eigenvalue weighted by Gasteiger charge is 2.47. The van der Waals surface area contributed by atoms with Crippen molar-refractivity contribution in [2.24, 2.45) is 11.8 Å². The van der Waals surface area contributed by atoms with Gasteiger partial charge in [0.15, 0.2) is 0 Å². The lowest BCUT2D eigenvalue weighted by Crippen LogP contribution is -1.86. The predicted octanol–water partition coefficient (Wildman–Crippen LogP) is 3.21. The van der Waals surface area contributed by atoms with Crippen molar-refractivity contribution >= 4 is 0 Å². The Balaban J connectivity index is 1.71. The fraction of sp³-hybridized carbons (Fsp3) is 0.538. The van der Waals surface area contributed by atoms with Crippen molar-refractivity contribution in [1.82, 2.24) is 0 Å². The minimum Gasteiger partial charge on any atom is -0.497 e. The van der Waals surface area contributed by atoms with Crippen LogP contribution in [0.15, 0.2) is 24.3 Å². The zero-order chi connectivity index (χ0) is 9.54. The molecule has 2 aliphatic rings. The number of hydrogen-bond acceptors (Lipinski definition) is 1. The Hall–Kier alpha value is -0.980. The Morgan fingerprint density at radius 3 is 2.43 bits per heavy atom. The normalized spacial score (nSPS) is 30.1. The van der Waals surface area contributed by atoms with E-state index in [0.717, 1.165) is 23.5 Å². The SMILES string of the molecule is COc1ccc(C2CC2C2CC2)cc1. The predicted molar refractivity (Wildman–Crippen MR) is 56.6 cm³/mol. The summed E-state index contributed by atoms with van der Waals surface area (Å²) in [5.41, 5.74) is 1.52. The molecule has 3 rings (SSSR count). The molecule has 2 aliphatic carbocycles. The molecule has 0 aromatic heterocycles. The summed E-state index contributed by atoms with van der Waals surface area (Å²) in [7, 11) is 1.72. The smallest absolute Gasteiger partial charge is 0.118 e. The van der Waals surface area contributed by atoms with Crippen LogP contribution in [0.2, 0.25) is 0 Å². The number of benzene rings is 1. The van der Waals surface area contributed by atoms with Gasteiger partial charge in [-0.3, -0.25) is 0 Å². The Kier molecular flexibility index (Phi) is 1.79. The quantitative estimate of drug-likeness (QED) is 0.707. The Morgan fingerprint density at radius 2 is 1.86 bits per heavy atom. The van der Waals surface area contributed by atoms with Gasteiger partial charge in [-0.2, -0.15) is 0 Å². The topological polar surface area (TPSA) is 9.23 Å². The molecule has 0 saturated heterocycles. The molecule has 2 atom stereocenters. The van der Waals surface area contributed by atoms with E-state index in [1.165, 1.54) is 24.8 Å². The fourth-order valence-electron chi connectivity index (χ4n) is 2.49. The Morgan fingerprint density at radius 1 is 1.14 bits per heavy atom. The van der Waals surface area contributed by atoms with Crippen LogP contribution in [0.4, 0.5) is 0 Å². The van der Waals surface area contributed by atoms with Crippen molar-refractivity contribution in [1.29, 1.82) is 0 Å². The zero-order valence-corrected chi connectivity index (χ0v) is 8.57. The monoisotopic (exact) mass is 188 g/mol. The van der Waals surface area contributed by atoms with Crippen molar-refractivity contribution < 1.29 is 4.74 Å². The molecular formula is C13H16O. The molecule has 0 spiro atoms. The molecule has 2 fully saturated rings. The van der Waals surface area contributed by atoms with Crippen LogP contribution in [-0.2, 0) is 0 Å². The van der Waals surface area contributed by atoms with E-state index in [4.69, 9.17) is 4.74 Å². The number of methoxy groups -OCH3 is 1. The minimum atomic E-state index is 0.869. The van der Waals surface area contributed by atoms with Crippen LogP contribution in [0.5, 0.6) is 5.75 Å². The van der Waals surface area contributed by atoms with Crippen LogP contribution in [0.3, 0.4) is 0 Å². The molecule has 0 radical (unpaired) electrons. The van der Waals surface area contributed by atoms with E-state index in [9.17, 15) is 0 Å². The number of ether oxygens (including phenoxy) is 1. The van der Waals surface area contributed by atoms with Gasteiger partial charge >= 0.3 is 0 Å². The second-order valence-electron chi connectivity index (χ2n) is 4.62. The summed E-state index contributed by atoms with van der Waals surface area (Å²) in [6.45, 7) is 0. The van der Waals surface area contributed by atoms with Crippen LogP contribution in [-0.4, -0.2) is 7.11 Å². The molecule has 0 N–H and O–H groups in total. The lowest BCUT2D eigenvalue weighted by Gasteiger charge is -2.02. The summed E-state index contributed by atoms with van der Waals surface area (Å²) in [5, 5.41) is 0. The molecule has 0 amide bonds. The van der Waals surface area contributed by atoms with Gasteiger partial charge in [-0.25, -0.2) is 0 Å². The zero-order valence-electron chi connectivity index (χ0n) is 8.57. The summed E-state index contributed by atoms with van der Waals surface area (Å²) in [6.07, 6.45) is 4.39. The van der Waals surface area contributed by atoms with Crippen molar-refractivity contribution in [2.45, 2.75) is 25.2 Å². The van der Waals surface area contributed by atoms with E-state index < -0.39 is 0 Å². The maximum absolute atomic E-state index is 5.16. The summed E-state index contributed by atoms with van der Waals surface area (Å²) in [4.78, 5) is 0. The average molecular weight is 188 g/mol. The second kappa shape index (κ2) is 3.01. The van der Waals surface area contributed by atoms with Gasteiger partial charge < -0.3 is 4.74 Å². The van der Waals surface area contributed by atoms with Crippen LogP contribution in [0.25, 0.3) is 0 Å². The van der Waals surface area contributed by atoms with Crippen LogP contribution in [0, 0.1) is 11.8 Å². The average Bonchev–Trinajstić information content (AvgIpc) is 3.07. The highest BCUT2D eigenvalue weighted by molar-refractivity contribution is 5.33. The third kappa shape index (κ3) is 1.41. The summed E-state index contributed by atoms with van der Waals surface area (Å²) in [5.74, 6) is 3.93. The van der Waals surface area contributed by atoms with Gasteiger partial charge in [-0.05, 0) is 54.7 Å². The molecule has 74 valence electrons. The van der Waals surface area contributed by atoms with E-state index in [-0.39, 0.29) is 0 Å². The van der Waals surface area contributed by atoms with Gasteiger partial charge in [-0.1, -0.05) is 12.1 Å². The summed E-state index contributed by atoms with van der Waals surface area (Å²) < 4.78 is 5.16. The van der Waals surface area contributed by atoms with Gasteiger partial charge in [0, 0.05) is 0 Å². The maximum atomic E-state index is 5.16. The highest BCUT2D eigenvalue weighted by atomic mass is 16.5. The first-order valence-corrected chi connectivity index (χ1v) is 5.52. The lowest BCUT2D eigenvalue weighted by molar-refractivity contribution is 0.414.